The Morgan fingerprint density at radius 3 is 2.61 bits per heavy atom. The third-order valence-corrected chi connectivity index (χ3v) is 5.05. The Kier molecular flexibility index (Phi) is 5.70. The smallest absolute Gasteiger partial charge is 0.283 e. The SMILES string of the molecule is CCCN(Cc1nnc(-c2ccco2)o1)C(=O)c1cc(C)n(-c2ccc(F)cc2)c1C. The van der Waals surface area contributed by atoms with Crippen molar-refractivity contribution in [3.63, 3.8) is 0 Å². The molecule has 0 spiro atoms. The highest BCUT2D eigenvalue weighted by Gasteiger charge is 2.24. The molecule has 0 fully saturated rings. The van der Waals surface area contributed by atoms with Crippen LogP contribution in [-0.4, -0.2) is 32.1 Å². The molecule has 0 N–H and O–H groups in total. The summed E-state index contributed by atoms with van der Waals surface area (Å²) >= 11 is 0. The van der Waals surface area contributed by atoms with Crippen LogP contribution in [0.2, 0.25) is 0 Å². The van der Waals surface area contributed by atoms with E-state index in [1.165, 1.54) is 18.4 Å². The molecule has 0 unspecified atom stereocenters. The van der Waals surface area contributed by atoms with Crippen molar-refractivity contribution >= 4 is 5.91 Å². The summed E-state index contributed by atoms with van der Waals surface area (Å²) in [6.07, 6.45) is 2.31. The Hall–Kier alpha value is -3.68. The van der Waals surface area contributed by atoms with E-state index in [-0.39, 0.29) is 24.2 Å². The summed E-state index contributed by atoms with van der Waals surface area (Å²) in [5.74, 6) is 0.667. The van der Waals surface area contributed by atoms with Crippen molar-refractivity contribution in [3.8, 4) is 17.3 Å². The largest absolute Gasteiger partial charge is 0.459 e. The zero-order chi connectivity index (χ0) is 22.0. The first-order valence-corrected chi connectivity index (χ1v) is 10.1. The quantitative estimate of drug-likeness (QED) is 0.422. The predicted molar refractivity (Wildman–Crippen MR) is 112 cm³/mol. The van der Waals surface area contributed by atoms with E-state index in [0.717, 1.165) is 23.5 Å². The maximum absolute atomic E-state index is 13.4. The molecule has 0 aliphatic rings. The second-order valence-corrected chi connectivity index (χ2v) is 7.30. The average Bonchev–Trinajstić information content (AvgIpc) is 3.49. The van der Waals surface area contributed by atoms with Crippen LogP contribution in [0.3, 0.4) is 0 Å². The number of nitrogens with zero attached hydrogens (tertiary/aromatic N) is 4. The van der Waals surface area contributed by atoms with Gasteiger partial charge in [-0.1, -0.05) is 6.92 Å². The highest BCUT2D eigenvalue weighted by Crippen LogP contribution is 2.24. The lowest BCUT2D eigenvalue weighted by Crippen LogP contribution is -2.31. The molecule has 0 bridgehead atoms. The maximum atomic E-state index is 13.4. The zero-order valence-corrected chi connectivity index (χ0v) is 17.6. The summed E-state index contributed by atoms with van der Waals surface area (Å²) in [5, 5.41) is 8.06. The first-order chi connectivity index (χ1) is 15.0. The molecular formula is C23H23FN4O3. The number of rotatable bonds is 7. The number of halogens is 1. The standard InChI is InChI=1S/C23H23FN4O3/c1-4-11-27(14-21-25-26-22(31-21)20-6-5-12-30-20)23(29)19-13-15(2)28(16(19)3)18-9-7-17(24)8-10-18/h5-10,12-13H,4,11,14H2,1-3H3. The number of furan rings is 1. The van der Waals surface area contributed by atoms with Crippen LogP contribution < -0.4 is 0 Å². The summed E-state index contributed by atoms with van der Waals surface area (Å²) in [7, 11) is 0. The van der Waals surface area contributed by atoms with Crippen LogP contribution in [0, 0.1) is 19.7 Å². The summed E-state index contributed by atoms with van der Waals surface area (Å²) in [5.41, 5.74) is 3.07. The van der Waals surface area contributed by atoms with Crippen LogP contribution in [-0.2, 0) is 6.54 Å². The number of aromatic nitrogens is 3. The number of hydrogen-bond donors (Lipinski definition) is 0. The first kappa shape index (κ1) is 20.6. The molecule has 3 aromatic heterocycles. The number of carbonyl (C=O) groups is 1. The molecule has 1 aromatic carbocycles. The Balaban J connectivity index is 1.60. The van der Waals surface area contributed by atoms with Gasteiger partial charge in [0, 0.05) is 23.6 Å². The molecule has 3 heterocycles. The van der Waals surface area contributed by atoms with Crippen molar-refractivity contribution in [1.29, 1.82) is 0 Å². The van der Waals surface area contributed by atoms with Gasteiger partial charge in [0.15, 0.2) is 5.76 Å². The Morgan fingerprint density at radius 1 is 1.16 bits per heavy atom. The van der Waals surface area contributed by atoms with Crippen LogP contribution in [0.1, 0.15) is 41.0 Å². The lowest BCUT2D eigenvalue weighted by Gasteiger charge is -2.20. The van der Waals surface area contributed by atoms with Crippen molar-refractivity contribution in [2.24, 2.45) is 0 Å². The molecule has 0 radical (unpaired) electrons. The summed E-state index contributed by atoms with van der Waals surface area (Å²) in [6, 6.07) is 11.5. The van der Waals surface area contributed by atoms with Gasteiger partial charge in [0.2, 0.25) is 5.89 Å². The Bertz CT molecular complexity index is 1180. The van der Waals surface area contributed by atoms with Crippen molar-refractivity contribution in [3.05, 3.63) is 77.4 Å². The third kappa shape index (κ3) is 4.14. The van der Waals surface area contributed by atoms with E-state index in [2.05, 4.69) is 10.2 Å². The van der Waals surface area contributed by atoms with Gasteiger partial charge in [-0.25, -0.2) is 4.39 Å². The van der Waals surface area contributed by atoms with E-state index in [4.69, 9.17) is 8.83 Å². The van der Waals surface area contributed by atoms with E-state index in [1.54, 1.807) is 29.2 Å². The molecule has 0 saturated carbocycles. The van der Waals surface area contributed by atoms with Crippen molar-refractivity contribution < 1.29 is 18.0 Å². The minimum atomic E-state index is -0.301. The minimum Gasteiger partial charge on any atom is -0.459 e. The molecule has 0 saturated heterocycles. The minimum absolute atomic E-state index is 0.124. The molecule has 31 heavy (non-hydrogen) atoms. The molecule has 0 aliphatic carbocycles. The summed E-state index contributed by atoms with van der Waals surface area (Å²) < 4.78 is 26.2. The Labute approximate surface area is 179 Å². The number of aryl methyl sites for hydroxylation is 1. The fraction of sp³-hybridized carbons (Fsp3) is 0.261. The van der Waals surface area contributed by atoms with Crippen molar-refractivity contribution in [2.45, 2.75) is 33.7 Å². The number of benzene rings is 1. The van der Waals surface area contributed by atoms with Crippen molar-refractivity contribution in [2.75, 3.05) is 6.54 Å². The lowest BCUT2D eigenvalue weighted by molar-refractivity contribution is 0.0728. The number of carbonyl (C=O) groups excluding carboxylic acids is 1. The van der Waals surface area contributed by atoms with E-state index in [0.29, 0.717) is 23.8 Å². The molecule has 0 aliphatic heterocycles. The molecule has 1 amide bonds. The fourth-order valence-corrected chi connectivity index (χ4v) is 3.64. The second-order valence-electron chi connectivity index (χ2n) is 7.30. The molecule has 4 aromatic rings. The van der Waals surface area contributed by atoms with Gasteiger partial charge in [0.25, 0.3) is 11.8 Å². The van der Waals surface area contributed by atoms with E-state index >= 15 is 0 Å². The van der Waals surface area contributed by atoms with E-state index in [9.17, 15) is 9.18 Å². The predicted octanol–water partition coefficient (Wildman–Crippen LogP) is 4.93. The molecule has 160 valence electrons. The molecule has 4 rings (SSSR count). The topological polar surface area (TPSA) is 77.3 Å². The van der Waals surface area contributed by atoms with E-state index < -0.39 is 0 Å². The average molecular weight is 422 g/mol. The van der Waals surface area contributed by atoms with Gasteiger partial charge in [0.05, 0.1) is 18.4 Å². The maximum Gasteiger partial charge on any atom is 0.283 e. The van der Waals surface area contributed by atoms with Crippen LogP contribution in [0.4, 0.5) is 4.39 Å². The summed E-state index contributed by atoms with van der Waals surface area (Å²) in [4.78, 5) is 15.1. The van der Waals surface area contributed by atoms with Gasteiger partial charge < -0.3 is 18.3 Å². The second kappa shape index (κ2) is 8.59. The highest BCUT2D eigenvalue weighted by molar-refractivity contribution is 5.96. The molecule has 0 atom stereocenters. The highest BCUT2D eigenvalue weighted by atomic mass is 19.1. The normalized spacial score (nSPS) is 11.1. The zero-order valence-electron chi connectivity index (χ0n) is 17.6. The molecular weight excluding hydrogens is 399 g/mol. The van der Waals surface area contributed by atoms with Gasteiger partial charge in [-0.05, 0) is 62.7 Å². The van der Waals surface area contributed by atoms with Crippen LogP contribution in [0.5, 0.6) is 0 Å². The molecule has 8 heteroatoms. The fourth-order valence-electron chi connectivity index (χ4n) is 3.64. The number of amides is 1. The van der Waals surface area contributed by atoms with Gasteiger partial charge in [-0.3, -0.25) is 4.79 Å². The van der Waals surface area contributed by atoms with Crippen LogP contribution in [0.25, 0.3) is 17.3 Å². The van der Waals surface area contributed by atoms with Crippen LogP contribution in [0.15, 0.2) is 57.6 Å². The van der Waals surface area contributed by atoms with Crippen LogP contribution >= 0.6 is 0 Å². The Morgan fingerprint density at radius 2 is 1.94 bits per heavy atom. The van der Waals surface area contributed by atoms with Gasteiger partial charge in [-0.2, -0.15) is 0 Å². The third-order valence-electron chi connectivity index (χ3n) is 5.05. The first-order valence-electron chi connectivity index (χ1n) is 10.1. The van der Waals surface area contributed by atoms with Gasteiger partial charge in [-0.15, -0.1) is 10.2 Å². The lowest BCUT2D eigenvalue weighted by atomic mass is 10.2. The van der Waals surface area contributed by atoms with Crippen molar-refractivity contribution in [1.82, 2.24) is 19.7 Å². The van der Waals surface area contributed by atoms with E-state index in [1.807, 2.05) is 31.4 Å². The molecule has 7 nitrogen and oxygen atoms in total. The van der Waals surface area contributed by atoms with Gasteiger partial charge >= 0.3 is 0 Å². The number of hydrogen-bond acceptors (Lipinski definition) is 5. The summed E-state index contributed by atoms with van der Waals surface area (Å²) in [6.45, 7) is 6.54. The monoisotopic (exact) mass is 422 g/mol. The van der Waals surface area contributed by atoms with Gasteiger partial charge in [0.1, 0.15) is 5.82 Å².